The SMILES string of the molecule is CCOC(=O)/C(C#N)=C/c1ccc(OC(=O)c2ccc(Br)cc2)c(OC)c1. The van der Waals surface area contributed by atoms with E-state index in [1.54, 1.807) is 49.4 Å². The van der Waals surface area contributed by atoms with Crippen molar-refractivity contribution in [3.63, 3.8) is 0 Å². The second-order valence-electron chi connectivity index (χ2n) is 5.20. The van der Waals surface area contributed by atoms with Gasteiger partial charge in [0.25, 0.3) is 0 Å². The molecule has 138 valence electrons. The molecule has 2 aromatic rings. The van der Waals surface area contributed by atoms with E-state index in [1.807, 2.05) is 0 Å². The van der Waals surface area contributed by atoms with Crippen LogP contribution in [-0.4, -0.2) is 25.7 Å². The lowest BCUT2D eigenvalue weighted by Gasteiger charge is -2.10. The third-order valence-corrected chi connectivity index (χ3v) is 3.93. The average molecular weight is 430 g/mol. The van der Waals surface area contributed by atoms with E-state index >= 15 is 0 Å². The minimum Gasteiger partial charge on any atom is -0.493 e. The Hall–Kier alpha value is -3.11. The summed E-state index contributed by atoms with van der Waals surface area (Å²) in [6, 6.07) is 13.2. The number of methoxy groups -OCH3 is 1. The van der Waals surface area contributed by atoms with Gasteiger partial charge < -0.3 is 14.2 Å². The maximum absolute atomic E-state index is 12.3. The van der Waals surface area contributed by atoms with Gasteiger partial charge in [-0.15, -0.1) is 0 Å². The summed E-state index contributed by atoms with van der Waals surface area (Å²) in [5.74, 6) is -0.731. The number of nitrogens with zero attached hydrogens (tertiary/aromatic N) is 1. The molecule has 0 saturated heterocycles. The van der Waals surface area contributed by atoms with Gasteiger partial charge in [0, 0.05) is 4.47 Å². The van der Waals surface area contributed by atoms with Crippen LogP contribution in [0.2, 0.25) is 0 Å². The van der Waals surface area contributed by atoms with Crippen LogP contribution in [0.25, 0.3) is 6.08 Å². The summed E-state index contributed by atoms with van der Waals surface area (Å²) >= 11 is 3.30. The van der Waals surface area contributed by atoms with Crippen LogP contribution in [0.1, 0.15) is 22.8 Å². The van der Waals surface area contributed by atoms with Gasteiger partial charge in [0.1, 0.15) is 11.6 Å². The van der Waals surface area contributed by atoms with Crippen LogP contribution < -0.4 is 9.47 Å². The highest BCUT2D eigenvalue weighted by Gasteiger charge is 2.14. The molecule has 27 heavy (non-hydrogen) atoms. The first-order valence-electron chi connectivity index (χ1n) is 7.93. The van der Waals surface area contributed by atoms with Crippen LogP contribution in [0.4, 0.5) is 0 Å². The molecule has 0 N–H and O–H groups in total. The summed E-state index contributed by atoms with van der Waals surface area (Å²) in [6.45, 7) is 1.83. The molecule has 0 bridgehead atoms. The van der Waals surface area contributed by atoms with Gasteiger partial charge >= 0.3 is 11.9 Å². The Balaban J connectivity index is 2.25. The van der Waals surface area contributed by atoms with Crippen LogP contribution in [0.5, 0.6) is 11.5 Å². The lowest BCUT2D eigenvalue weighted by Crippen LogP contribution is -2.09. The molecule has 2 rings (SSSR count). The maximum Gasteiger partial charge on any atom is 0.348 e. The zero-order valence-electron chi connectivity index (χ0n) is 14.7. The largest absolute Gasteiger partial charge is 0.493 e. The Morgan fingerprint density at radius 2 is 1.85 bits per heavy atom. The third-order valence-electron chi connectivity index (χ3n) is 3.40. The molecule has 0 spiro atoms. The van der Waals surface area contributed by atoms with Crippen molar-refractivity contribution in [3.05, 3.63) is 63.6 Å². The minimum absolute atomic E-state index is 0.140. The van der Waals surface area contributed by atoms with Gasteiger partial charge in [0.05, 0.1) is 19.3 Å². The predicted octanol–water partition coefficient (Wildman–Crippen LogP) is 4.15. The molecule has 0 aliphatic heterocycles. The zero-order valence-corrected chi connectivity index (χ0v) is 16.3. The highest BCUT2D eigenvalue weighted by Crippen LogP contribution is 2.30. The maximum atomic E-state index is 12.3. The number of esters is 2. The van der Waals surface area contributed by atoms with Crippen LogP contribution in [-0.2, 0) is 9.53 Å². The van der Waals surface area contributed by atoms with E-state index in [9.17, 15) is 9.59 Å². The van der Waals surface area contributed by atoms with Crippen molar-refractivity contribution in [2.45, 2.75) is 6.92 Å². The summed E-state index contributed by atoms with van der Waals surface area (Å²) in [6.07, 6.45) is 1.38. The molecule has 0 aliphatic rings. The molecule has 0 amide bonds. The van der Waals surface area contributed by atoms with Gasteiger partial charge in [-0.3, -0.25) is 0 Å². The standard InChI is InChI=1S/C20H16BrNO5/c1-3-26-19(23)15(12-22)10-13-4-9-17(18(11-13)25-2)27-20(24)14-5-7-16(21)8-6-14/h4-11H,3H2,1-2H3/b15-10+. The van der Waals surface area contributed by atoms with E-state index in [-0.39, 0.29) is 23.7 Å². The van der Waals surface area contributed by atoms with Crippen molar-refractivity contribution in [1.29, 1.82) is 5.26 Å². The van der Waals surface area contributed by atoms with Gasteiger partial charge in [-0.1, -0.05) is 22.0 Å². The van der Waals surface area contributed by atoms with E-state index in [0.29, 0.717) is 11.1 Å². The van der Waals surface area contributed by atoms with E-state index in [4.69, 9.17) is 19.5 Å². The second-order valence-corrected chi connectivity index (χ2v) is 6.11. The number of carbonyl (C=O) groups excluding carboxylic acids is 2. The quantitative estimate of drug-likeness (QED) is 0.296. The molecular weight excluding hydrogens is 414 g/mol. The fourth-order valence-corrected chi connectivity index (χ4v) is 2.38. The summed E-state index contributed by atoms with van der Waals surface area (Å²) in [4.78, 5) is 24.0. The number of nitriles is 1. The van der Waals surface area contributed by atoms with Crippen LogP contribution >= 0.6 is 15.9 Å². The molecule has 0 fully saturated rings. The molecular formula is C20H16BrNO5. The zero-order chi connectivity index (χ0) is 19.8. The Kier molecular flexibility index (Phi) is 7.15. The topological polar surface area (TPSA) is 85.6 Å². The van der Waals surface area contributed by atoms with Crippen molar-refractivity contribution in [3.8, 4) is 17.6 Å². The molecule has 6 nitrogen and oxygen atoms in total. The lowest BCUT2D eigenvalue weighted by molar-refractivity contribution is -0.137. The molecule has 0 saturated carbocycles. The van der Waals surface area contributed by atoms with E-state index in [2.05, 4.69) is 15.9 Å². The van der Waals surface area contributed by atoms with Crippen LogP contribution in [0.3, 0.4) is 0 Å². The Bertz CT molecular complexity index is 913. The third kappa shape index (κ3) is 5.43. The molecule has 0 heterocycles. The van der Waals surface area contributed by atoms with Gasteiger partial charge in [0.2, 0.25) is 0 Å². The molecule has 0 aliphatic carbocycles. The van der Waals surface area contributed by atoms with Crippen molar-refractivity contribution in [1.82, 2.24) is 0 Å². The van der Waals surface area contributed by atoms with Crippen LogP contribution in [0, 0.1) is 11.3 Å². The fourth-order valence-electron chi connectivity index (χ4n) is 2.12. The first-order chi connectivity index (χ1) is 13.0. The van der Waals surface area contributed by atoms with Gasteiger partial charge in [-0.2, -0.15) is 5.26 Å². The molecule has 0 radical (unpaired) electrons. The molecule has 0 atom stereocenters. The van der Waals surface area contributed by atoms with Gasteiger partial charge in [-0.25, -0.2) is 9.59 Å². The first-order valence-corrected chi connectivity index (χ1v) is 8.72. The fraction of sp³-hybridized carbons (Fsp3) is 0.150. The smallest absolute Gasteiger partial charge is 0.348 e. The number of benzene rings is 2. The molecule has 2 aromatic carbocycles. The number of halogens is 1. The summed E-state index contributed by atoms with van der Waals surface area (Å²) in [5, 5.41) is 9.11. The highest BCUT2D eigenvalue weighted by molar-refractivity contribution is 9.10. The van der Waals surface area contributed by atoms with E-state index in [0.717, 1.165) is 4.47 Å². The van der Waals surface area contributed by atoms with E-state index in [1.165, 1.54) is 19.3 Å². The average Bonchev–Trinajstić information content (AvgIpc) is 2.67. The number of carbonyl (C=O) groups is 2. The summed E-state index contributed by atoms with van der Waals surface area (Å²) in [5.41, 5.74) is 0.775. The molecule has 7 heteroatoms. The van der Waals surface area contributed by atoms with Crippen LogP contribution in [0.15, 0.2) is 52.5 Å². The highest BCUT2D eigenvalue weighted by atomic mass is 79.9. The van der Waals surface area contributed by atoms with Crippen molar-refractivity contribution >= 4 is 33.9 Å². The Labute approximate surface area is 165 Å². The summed E-state index contributed by atoms with van der Waals surface area (Å²) < 4.78 is 16.3. The minimum atomic E-state index is -0.704. The van der Waals surface area contributed by atoms with Crippen molar-refractivity contribution in [2.24, 2.45) is 0 Å². The predicted molar refractivity (Wildman–Crippen MR) is 102 cm³/mol. The number of hydrogen-bond donors (Lipinski definition) is 0. The number of ether oxygens (including phenoxy) is 3. The van der Waals surface area contributed by atoms with Crippen molar-refractivity contribution < 1.29 is 23.8 Å². The van der Waals surface area contributed by atoms with Gasteiger partial charge in [0.15, 0.2) is 11.5 Å². The van der Waals surface area contributed by atoms with Gasteiger partial charge in [-0.05, 0) is 55.0 Å². The Morgan fingerprint density at radius 3 is 2.44 bits per heavy atom. The number of hydrogen-bond acceptors (Lipinski definition) is 6. The van der Waals surface area contributed by atoms with E-state index < -0.39 is 11.9 Å². The molecule has 0 aromatic heterocycles. The molecule has 0 unspecified atom stereocenters. The number of rotatable bonds is 6. The normalized spacial score (nSPS) is 10.7. The summed E-state index contributed by atoms with van der Waals surface area (Å²) in [7, 11) is 1.43. The van der Waals surface area contributed by atoms with Crippen molar-refractivity contribution in [2.75, 3.05) is 13.7 Å². The monoisotopic (exact) mass is 429 g/mol. The lowest BCUT2D eigenvalue weighted by atomic mass is 10.1. The second kappa shape index (κ2) is 9.55. The Morgan fingerprint density at radius 1 is 1.15 bits per heavy atom. The first kappa shape index (κ1) is 20.2.